The van der Waals surface area contributed by atoms with Crippen molar-refractivity contribution in [2.24, 2.45) is 0 Å². The van der Waals surface area contributed by atoms with Crippen molar-refractivity contribution in [1.82, 2.24) is 0 Å². The van der Waals surface area contributed by atoms with Crippen molar-refractivity contribution in [2.45, 2.75) is 68.4 Å². The molecule has 8 heteroatoms. The Bertz CT molecular complexity index is 919. The molecule has 4 rings (SSSR count). The van der Waals surface area contributed by atoms with Crippen LogP contribution in [0.4, 0.5) is 0 Å². The van der Waals surface area contributed by atoms with E-state index in [2.05, 4.69) is 0 Å². The fourth-order valence-corrected chi connectivity index (χ4v) is 4.79. The number of hydrogen-bond donors (Lipinski definition) is 4. The van der Waals surface area contributed by atoms with Crippen LogP contribution in [0.3, 0.4) is 0 Å². The Morgan fingerprint density at radius 3 is 2.36 bits per heavy atom. The van der Waals surface area contributed by atoms with Crippen LogP contribution in [0.1, 0.15) is 42.1 Å². The van der Waals surface area contributed by atoms with Gasteiger partial charge in [0.15, 0.2) is 0 Å². The van der Waals surface area contributed by atoms with Gasteiger partial charge in [-0.2, -0.15) is 0 Å². The molecule has 2 aromatic rings. The monoisotopic (exact) mass is 478 g/mol. The molecule has 4 N–H and O–H groups in total. The van der Waals surface area contributed by atoms with Crippen LogP contribution in [0.5, 0.6) is 5.75 Å². The maximum Gasteiger partial charge on any atom is 0.119 e. The van der Waals surface area contributed by atoms with Gasteiger partial charge in [0.2, 0.25) is 0 Å². The predicted octanol–water partition coefficient (Wildman–Crippen LogP) is 2.39. The molecular weight excluding hydrogens is 448 g/mol. The highest BCUT2D eigenvalue weighted by atomic mass is 35.5. The molecule has 1 aliphatic heterocycles. The SMILES string of the molecule is COC1CCC(Oc2ccc(Cc3cc([C@@H]4O[C@H](CO)[C@@H](O)[C@H](O)[C@H]4O)ccc3Cl)cc2)C1. The summed E-state index contributed by atoms with van der Waals surface area (Å²) >= 11 is 6.43. The van der Waals surface area contributed by atoms with Crippen molar-refractivity contribution in [1.29, 1.82) is 0 Å². The van der Waals surface area contributed by atoms with E-state index >= 15 is 0 Å². The molecule has 0 spiro atoms. The van der Waals surface area contributed by atoms with Crippen LogP contribution in [-0.2, 0) is 15.9 Å². The number of benzene rings is 2. The predicted molar refractivity (Wildman–Crippen MR) is 122 cm³/mol. The Kier molecular flexibility index (Phi) is 7.91. The summed E-state index contributed by atoms with van der Waals surface area (Å²) in [6.45, 7) is -0.469. The van der Waals surface area contributed by atoms with Crippen LogP contribution in [-0.4, -0.2) is 70.8 Å². The van der Waals surface area contributed by atoms with Gasteiger partial charge >= 0.3 is 0 Å². The maximum absolute atomic E-state index is 10.4. The van der Waals surface area contributed by atoms with Gasteiger partial charge in [0, 0.05) is 18.6 Å². The van der Waals surface area contributed by atoms with Crippen molar-refractivity contribution >= 4 is 11.6 Å². The zero-order valence-electron chi connectivity index (χ0n) is 18.5. The minimum Gasteiger partial charge on any atom is -0.490 e. The summed E-state index contributed by atoms with van der Waals surface area (Å²) < 4.78 is 17.2. The van der Waals surface area contributed by atoms with Gasteiger partial charge in [0.05, 0.1) is 12.7 Å². The third kappa shape index (κ3) is 5.52. The van der Waals surface area contributed by atoms with Crippen LogP contribution >= 0.6 is 11.6 Å². The molecule has 33 heavy (non-hydrogen) atoms. The number of aliphatic hydroxyl groups excluding tert-OH is 4. The van der Waals surface area contributed by atoms with E-state index in [1.165, 1.54) is 0 Å². The van der Waals surface area contributed by atoms with Crippen LogP contribution in [0.15, 0.2) is 42.5 Å². The highest BCUT2D eigenvalue weighted by Crippen LogP contribution is 2.34. The first-order chi connectivity index (χ1) is 15.9. The second kappa shape index (κ2) is 10.7. The number of aliphatic hydroxyl groups is 4. The Labute approximate surface area is 198 Å². The van der Waals surface area contributed by atoms with E-state index in [-0.39, 0.29) is 12.2 Å². The third-order valence-corrected chi connectivity index (χ3v) is 6.95. The molecule has 2 fully saturated rings. The average Bonchev–Trinajstić information content (AvgIpc) is 3.28. The first-order valence-electron chi connectivity index (χ1n) is 11.3. The lowest BCUT2D eigenvalue weighted by molar-refractivity contribution is -0.231. The van der Waals surface area contributed by atoms with Crippen LogP contribution in [0.2, 0.25) is 5.02 Å². The lowest BCUT2D eigenvalue weighted by atomic mass is 9.90. The summed E-state index contributed by atoms with van der Waals surface area (Å²) in [5.74, 6) is 0.821. The fraction of sp³-hybridized carbons (Fsp3) is 0.520. The number of ether oxygens (including phenoxy) is 3. The van der Waals surface area contributed by atoms with Gasteiger partial charge in [-0.15, -0.1) is 0 Å². The lowest BCUT2D eigenvalue weighted by Crippen LogP contribution is -2.55. The summed E-state index contributed by atoms with van der Waals surface area (Å²) in [4.78, 5) is 0. The Morgan fingerprint density at radius 2 is 1.70 bits per heavy atom. The standard InChI is InChI=1S/C25H31ClO7/c1-31-18-7-8-19(12-18)32-17-5-2-14(3-6-17)10-16-11-15(4-9-20(16)26)25-24(30)23(29)22(28)21(13-27)33-25/h2-6,9,11,18-19,21-25,27-30H,7-8,10,12-13H2,1H3/t18?,19?,21-,22-,23+,24-,25+/m1/s1. The number of rotatable bonds is 7. The molecule has 1 aliphatic carbocycles. The quantitative estimate of drug-likeness (QED) is 0.484. The van der Waals surface area contributed by atoms with Crippen molar-refractivity contribution in [2.75, 3.05) is 13.7 Å². The van der Waals surface area contributed by atoms with E-state index in [0.717, 1.165) is 36.1 Å². The van der Waals surface area contributed by atoms with Gasteiger partial charge in [-0.3, -0.25) is 0 Å². The summed E-state index contributed by atoms with van der Waals surface area (Å²) in [6, 6.07) is 13.1. The molecular formula is C25H31ClO7. The number of methoxy groups -OCH3 is 1. The van der Waals surface area contributed by atoms with E-state index in [1.54, 1.807) is 19.2 Å². The highest BCUT2D eigenvalue weighted by Gasteiger charge is 2.44. The Morgan fingerprint density at radius 1 is 0.970 bits per heavy atom. The van der Waals surface area contributed by atoms with Crippen molar-refractivity contribution < 1.29 is 34.6 Å². The van der Waals surface area contributed by atoms with Gasteiger partial charge in [0.1, 0.15) is 42.4 Å². The molecule has 1 saturated carbocycles. The molecule has 0 radical (unpaired) electrons. The van der Waals surface area contributed by atoms with Crippen LogP contribution in [0, 0.1) is 0 Å². The zero-order chi connectivity index (χ0) is 23.5. The Hall–Kier alpha value is -1.71. The normalized spacial score (nSPS) is 32.1. The van der Waals surface area contributed by atoms with Crippen molar-refractivity contribution in [3.05, 3.63) is 64.2 Å². The second-order valence-electron chi connectivity index (χ2n) is 8.83. The molecule has 1 saturated heterocycles. The van der Waals surface area contributed by atoms with Crippen molar-refractivity contribution in [3.8, 4) is 5.75 Å². The molecule has 180 valence electrons. The van der Waals surface area contributed by atoms with Gasteiger partial charge in [-0.05, 0) is 54.2 Å². The van der Waals surface area contributed by atoms with Gasteiger partial charge in [0.25, 0.3) is 0 Å². The fourth-order valence-electron chi connectivity index (χ4n) is 4.60. The largest absolute Gasteiger partial charge is 0.490 e. The number of hydrogen-bond acceptors (Lipinski definition) is 7. The molecule has 1 heterocycles. The number of halogens is 1. The average molecular weight is 479 g/mol. The summed E-state index contributed by atoms with van der Waals surface area (Å²) in [5.41, 5.74) is 2.48. The van der Waals surface area contributed by atoms with Gasteiger partial charge in [-0.25, -0.2) is 0 Å². The lowest BCUT2D eigenvalue weighted by Gasteiger charge is -2.40. The van der Waals surface area contributed by atoms with E-state index in [4.69, 9.17) is 25.8 Å². The molecule has 2 aliphatic rings. The molecule has 0 amide bonds. The van der Waals surface area contributed by atoms with Gasteiger partial charge < -0.3 is 34.6 Å². The topological polar surface area (TPSA) is 109 Å². The minimum absolute atomic E-state index is 0.172. The van der Waals surface area contributed by atoms with E-state index in [9.17, 15) is 20.4 Å². The zero-order valence-corrected chi connectivity index (χ0v) is 19.3. The highest BCUT2D eigenvalue weighted by molar-refractivity contribution is 6.31. The Balaban J connectivity index is 1.45. The van der Waals surface area contributed by atoms with Crippen molar-refractivity contribution in [3.63, 3.8) is 0 Å². The van der Waals surface area contributed by atoms with E-state index < -0.39 is 37.1 Å². The molecule has 0 aromatic heterocycles. The van der Waals surface area contributed by atoms with E-state index in [1.807, 2.05) is 30.3 Å². The first kappa shape index (κ1) is 24.4. The van der Waals surface area contributed by atoms with E-state index in [0.29, 0.717) is 17.0 Å². The molecule has 2 unspecified atom stereocenters. The maximum atomic E-state index is 10.4. The third-order valence-electron chi connectivity index (χ3n) is 6.58. The molecule has 2 aromatic carbocycles. The molecule has 7 nitrogen and oxygen atoms in total. The minimum atomic E-state index is -1.42. The van der Waals surface area contributed by atoms with Crippen LogP contribution in [0.25, 0.3) is 0 Å². The summed E-state index contributed by atoms with van der Waals surface area (Å²) in [5, 5.41) is 40.6. The molecule has 7 atom stereocenters. The smallest absolute Gasteiger partial charge is 0.119 e. The molecule has 0 bridgehead atoms. The summed E-state index contributed by atoms with van der Waals surface area (Å²) in [6.07, 6.45) is -2.10. The van der Waals surface area contributed by atoms with Gasteiger partial charge in [-0.1, -0.05) is 35.9 Å². The second-order valence-corrected chi connectivity index (χ2v) is 9.24. The summed E-state index contributed by atoms with van der Waals surface area (Å²) in [7, 11) is 1.74. The van der Waals surface area contributed by atoms with Crippen LogP contribution < -0.4 is 4.74 Å². The first-order valence-corrected chi connectivity index (χ1v) is 11.6.